The van der Waals surface area contributed by atoms with Gasteiger partial charge < -0.3 is 9.80 Å². The number of aromatic nitrogens is 2. The lowest BCUT2D eigenvalue weighted by Crippen LogP contribution is -2.48. The molecule has 26 heavy (non-hydrogen) atoms. The maximum Gasteiger partial charge on any atom is 0.254 e. The predicted molar refractivity (Wildman–Crippen MR) is 98.5 cm³/mol. The van der Waals surface area contributed by atoms with Crippen LogP contribution in [0.3, 0.4) is 0 Å². The second-order valence-electron chi connectivity index (χ2n) is 6.24. The van der Waals surface area contributed by atoms with Gasteiger partial charge in [0.25, 0.3) is 5.91 Å². The van der Waals surface area contributed by atoms with Gasteiger partial charge in [-0.05, 0) is 24.3 Å². The van der Waals surface area contributed by atoms with E-state index in [0.717, 1.165) is 28.6 Å². The average molecular weight is 346 g/mol. The fourth-order valence-corrected chi connectivity index (χ4v) is 3.22. The van der Waals surface area contributed by atoms with Gasteiger partial charge in [-0.15, -0.1) is 0 Å². The van der Waals surface area contributed by atoms with Crippen LogP contribution < -0.4 is 0 Å². The SMILES string of the molecule is O=CN1CCN(C(=O)c2cc(-c3ccncc3)nc3ccccc23)CC1. The summed E-state index contributed by atoms with van der Waals surface area (Å²) in [6.45, 7) is 2.21. The smallest absolute Gasteiger partial charge is 0.254 e. The summed E-state index contributed by atoms with van der Waals surface area (Å²) in [6, 6.07) is 13.3. The first-order valence-corrected chi connectivity index (χ1v) is 8.55. The molecule has 1 aromatic carbocycles. The third-order valence-corrected chi connectivity index (χ3v) is 4.67. The van der Waals surface area contributed by atoms with Gasteiger partial charge in [-0.3, -0.25) is 14.6 Å². The van der Waals surface area contributed by atoms with E-state index < -0.39 is 0 Å². The van der Waals surface area contributed by atoms with Crippen molar-refractivity contribution < 1.29 is 9.59 Å². The van der Waals surface area contributed by atoms with E-state index in [-0.39, 0.29) is 5.91 Å². The summed E-state index contributed by atoms with van der Waals surface area (Å²) < 4.78 is 0. The molecule has 2 amide bonds. The second kappa shape index (κ2) is 6.92. The summed E-state index contributed by atoms with van der Waals surface area (Å²) in [5, 5.41) is 0.841. The Kier molecular flexibility index (Phi) is 4.31. The highest BCUT2D eigenvalue weighted by molar-refractivity contribution is 6.07. The van der Waals surface area contributed by atoms with Gasteiger partial charge in [0.2, 0.25) is 6.41 Å². The molecular formula is C20H18N4O2. The molecule has 3 aromatic rings. The minimum absolute atomic E-state index is 0.0237. The molecule has 0 atom stereocenters. The lowest BCUT2D eigenvalue weighted by molar-refractivity contribution is -0.119. The molecule has 3 heterocycles. The largest absolute Gasteiger partial charge is 0.342 e. The molecule has 1 saturated heterocycles. The highest BCUT2D eigenvalue weighted by atomic mass is 16.2. The van der Waals surface area contributed by atoms with Gasteiger partial charge >= 0.3 is 0 Å². The zero-order valence-corrected chi connectivity index (χ0v) is 14.2. The van der Waals surface area contributed by atoms with Crippen LogP contribution in [0, 0.1) is 0 Å². The summed E-state index contributed by atoms with van der Waals surface area (Å²) in [7, 11) is 0. The third-order valence-electron chi connectivity index (χ3n) is 4.67. The summed E-state index contributed by atoms with van der Waals surface area (Å²) in [6.07, 6.45) is 4.27. The number of fused-ring (bicyclic) bond motifs is 1. The molecule has 1 aliphatic heterocycles. The fourth-order valence-electron chi connectivity index (χ4n) is 3.22. The van der Waals surface area contributed by atoms with E-state index in [1.54, 1.807) is 22.2 Å². The number of pyridine rings is 2. The molecule has 0 N–H and O–H groups in total. The number of benzene rings is 1. The van der Waals surface area contributed by atoms with Crippen LogP contribution in [-0.2, 0) is 4.79 Å². The maximum atomic E-state index is 13.2. The standard InChI is InChI=1S/C20H18N4O2/c25-14-23-9-11-24(12-10-23)20(26)17-13-19(15-5-7-21-8-6-15)22-18-4-2-1-3-16(17)18/h1-8,13-14H,9-12H2. The van der Waals surface area contributed by atoms with Gasteiger partial charge in [-0.2, -0.15) is 0 Å². The zero-order chi connectivity index (χ0) is 17.9. The molecule has 0 aliphatic carbocycles. The maximum absolute atomic E-state index is 13.2. The van der Waals surface area contributed by atoms with Crippen LogP contribution in [0.1, 0.15) is 10.4 Å². The Morgan fingerprint density at radius 2 is 1.73 bits per heavy atom. The number of carbonyl (C=O) groups excluding carboxylic acids is 2. The van der Waals surface area contributed by atoms with Crippen molar-refractivity contribution in [3.63, 3.8) is 0 Å². The molecule has 0 spiro atoms. The first-order chi connectivity index (χ1) is 12.8. The van der Waals surface area contributed by atoms with Crippen LogP contribution in [0.4, 0.5) is 0 Å². The van der Waals surface area contributed by atoms with Gasteiger partial charge in [0.05, 0.1) is 16.8 Å². The van der Waals surface area contributed by atoms with Gasteiger partial charge in [0, 0.05) is 49.5 Å². The van der Waals surface area contributed by atoms with E-state index in [0.29, 0.717) is 31.7 Å². The summed E-state index contributed by atoms with van der Waals surface area (Å²) in [4.78, 5) is 36.3. The Balaban J connectivity index is 1.76. The van der Waals surface area contributed by atoms with E-state index in [2.05, 4.69) is 4.98 Å². The van der Waals surface area contributed by atoms with Crippen molar-refractivity contribution in [3.05, 3.63) is 60.4 Å². The zero-order valence-electron chi connectivity index (χ0n) is 14.2. The third kappa shape index (κ3) is 3.01. The van der Waals surface area contributed by atoms with Gasteiger partial charge in [-0.1, -0.05) is 18.2 Å². The summed E-state index contributed by atoms with van der Waals surface area (Å²) >= 11 is 0. The van der Waals surface area contributed by atoms with E-state index in [9.17, 15) is 9.59 Å². The normalized spacial score (nSPS) is 14.5. The van der Waals surface area contributed by atoms with Crippen molar-refractivity contribution in [2.45, 2.75) is 0 Å². The molecule has 0 saturated carbocycles. The highest BCUT2D eigenvalue weighted by Gasteiger charge is 2.23. The molecule has 0 unspecified atom stereocenters. The van der Waals surface area contributed by atoms with Crippen LogP contribution >= 0.6 is 0 Å². The van der Waals surface area contributed by atoms with Crippen molar-refractivity contribution in [1.82, 2.24) is 19.8 Å². The Morgan fingerprint density at radius 3 is 2.46 bits per heavy atom. The lowest BCUT2D eigenvalue weighted by Gasteiger charge is -2.32. The van der Waals surface area contributed by atoms with Crippen LogP contribution in [0.25, 0.3) is 22.2 Å². The molecule has 130 valence electrons. The van der Waals surface area contributed by atoms with Crippen molar-refractivity contribution in [2.24, 2.45) is 0 Å². The fraction of sp³-hybridized carbons (Fsp3) is 0.200. The predicted octanol–water partition coefficient (Wildman–Crippen LogP) is 2.21. The number of carbonyl (C=O) groups is 2. The number of nitrogens with zero attached hydrogens (tertiary/aromatic N) is 4. The second-order valence-corrected chi connectivity index (χ2v) is 6.24. The Morgan fingerprint density at radius 1 is 1.00 bits per heavy atom. The van der Waals surface area contributed by atoms with E-state index in [1.165, 1.54) is 0 Å². The van der Waals surface area contributed by atoms with Crippen LogP contribution in [0.5, 0.6) is 0 Å². The molecule has 4 rings (SSSR count). The summed E-state index contributed by atoms with van der Waals surface area (Å²) in [5.74, 6) is -0.0237. The minimum Gasteiger partial charge on any atom is -0.342 e. The van der Waals surface area contributed by atoms with Crippen LogP contribution in [-0.4, -0.2) is 58.3 Å². The van der Waals surface area contributed by atoms with Crippen molar-refractivity contribution in [1.29, 1.82) is 0 Å². The van der Waals surface area contributed by atoms with Crippen molar-refractivity contribution >= 4 is 23.2 Å². The van der Waals surface area contributed by atoms with Crippen molar-refractivity contribution in [2.75, 3.05) is 26.2 Å². The monoisotopic (exact) mass is 346 g/mol. The first kappa shape index (κ1) is 16.2. The van der Waals surface area contributed by atoms with Crippen molar-refractivity contribution in [3.8, 4) is 11.3 Å². The van der Waals surface area contributed by atoms with Crippen LogP contribution in [0.2, 0.25) is 0 Å². The Bertz CT molecular complexity index is 950. The molecule has 1 fully saturated rings. The molecule has 2 aromatic heterocycles. The molecule has 6 heteroatoms. The first-order valence-electron chi connectivity index (χ1n) is 8.55. The number of rotatable bonds is 3. The Labute approximate surface area is 151 Å². The van der Waals surface area contributed by atoms with E-state index in [1.807, 2.05) is 42.5 Å². The molecule has 0 radical (unpaired) electrons. The van der Waals surface area contributed by atoms with Gasteiger partial charge in [-0.25, -0.2) is 4.98 Å². The summed E-state index contributed by atoms with van der Waals surface area (Å²) in [5.41, 5.74) is 3.10. The molecule has 6 nitrogen and oxygen atoms in total. The number of piperazine rings is 1. The van der Waals surface area contributed by atoms with E-state index >= 15 is 0 Å². The average Bonchev–Trinajstić information content (AvgIpc) is 2.73. The quantitative estimate of drug-likeness (QED) is 0.682. The number of amides is 2. The molecule has 0 bridgehead atoms. The number of hydrogen-bond acceptors (Lipinski definition) is 4. The van der Waals surface area contributed by atoms with Gasteiger partial charge in [0.1, 0.15) is 0 Å². The van der Waals surface area contributed by atoms with Gasteiger partial charge in [0.15, 0.2) is 0 Å². The van der Waals surface area contributed by atoms with Crippen LogP contribution in [0.15, 0.2) is 54.9 Å². The number of para-hydroxylation sites is 1. The molecule has 1 aliphatic rings. The Hall–Kier alpha value is -3.28. The topological polar surface area (TPSA) is 66.4 Å². The lowest BCUT2D eigenvalue weighted by atomic mass is 10.0. The molecular weight excluding hydrogens is 328 g/mol. The number of hydrogen-bond donors (Lipinski definition) is 0. The highest BCUT2D eigenvalue weighted by Crippen LogP contribution is 2.25. The van der Waals surface area contributed by atoms with E-state index in [4.69, 9.17) is 4.98 Å². The minimum atomic E-state index is -0.0237.